The van der Waals surface area contributed by atoms with Crippen molar-refractivity contribution in [2.75, 3.05) is 0 Å². The van der Waals surface area contributed by atoms with Gasteiger partial charge in [-0.2, -0.15) is 0 Å². The third-order valence-corrected chi connectivity index (χ3v) is 69.0. The molecule has 6 atom stereocenters. The Kier molecular flexibility index (Phi) is 29.6. The van der Waals surface area contributed by atoms with Gasteiger partial charge in [0.25, 0.3) is 74.3 Å². The largest absolute Gasteiger partial charge is 0.456 e. The van der Waals surface area contributed by atoms with Crippen LogP contribution in [0.15, 0.2) is 0 Å². The first-order chi connectivity index (χ1) is 25.9. The van der Waals surface area contributed by atoms with Crippen molar-refractivity contribution in [2.45, 2.75) is 202 Å². The molecule has 0 saturated carbocycles. The molecule has 0 aromatic carbocycles. The van der Waals surface area contributed by atoms with Gasteiger partial charge in [0.05, 0.1) is 0 Å². The van der Waals surface area contributed by atoms with Crippen LogP contribution in [0.5, 0.6) is 0 Å². The fourth-order valence-corrected chi connectivity index (χ4v) is 80.0. The first kappa shape index (κ1) is 66.0. The molecule has 14 nitrogen and oxygen atoms in total. The van der Waals surface area contributed by atoms with Gasteiger partial charge in [-0.25, -0.2) is 0 Å². The van der Waals surface area contributed by atoms with E-state index in [1.54, 1.807) is 0 Å². The van der Waals surface area contributed by atoms with Crippen molar-refractivity contribution < 1.29 is 57.6 Å². The Morgan fingerprint density at radius 2 is 0.557 bits per heavy atom. The zero-order valence-corrected chi connectivity index (χ0v) is 56.5. The molecule has 0 spiro atoms. The van der Waals surface area contributed by atoms with Crippen molar-refractivity contribution in [3.8, 4) is 0 Å². The second-order valence-electron chi connectivity index (χ2n) is 19.2. The second kappa shape index (κ2) is 27.3. The lowest BCUT2D eigenvalue weighted by Crippen LogP contribution is -2.55. The van der Waals surface area contributed by atoms with Crippen LogP contribution in [0.1, 0.15) is 29.7 Å². The lowest BCUT2D eigenvalue weighted by Gasteiger charge is -2.41. The minimum atomic E-state index is -2.51. The van der Waals surface area contributed by atoms with Crippen LogP contribution < -0.4 is 0 Å². The van der Waals surface area contributed by atoms with Gasteiger partial charge in [-0.3, -0.25) is 0 Å². The van der Waals surface area contributed by atoms with Gasteiger partial charge in [0, 0.05) is 0 Å². The summed E-state index contributed by atoms with van der Waals surface area (Å²) >= 11 is 0. The third-order valence-electron chi connectivity index (χ3n) is 10.3. The minimum Gasteiger partial charge on any atom is -0.456 e. The van der Waals surface area contributed by atoms with Gasteiger partial charge >= 0.3 is 35.0 Å². The van der Waals surface area contributed by atoms with Crippen LogP contribution in [-0.4, -0.2) is 143 Å². The monoisotopic (exact) mass is 1140 g/mol. The second-order valence-corrected chi connectivity index (χ2v) is 67.9. The van der Waals surface area contributed by atoms with Crippen LogP contribution in [0, 0.1) is 0 Å². The van der Waals surface area contributed by atoms with Gasteiger partial charge in [0.2, 0.25) is 0 Å². The van der Waals surface area contributed by atoms with E-state index in [0.717, 1.165) is 48.4 Å². The molecule has 0 radical (unpaired) electrons. The maximum atomic E-state index is 7.13. The fourth-order valence-electron chi connectivity index (χ4n) is 8.20. The first-order valence-corrected chi connectivity index (χ1v) is 59.9. The van der Waals surface area contributed by atoms with Gasteiger partial charge in [-0.1, -0.05) is 29.7 Å². The molecule has 0 aromatic rings. The van der Waals surface area contributed by atoms with Crippen molar-refractivity contribution in [2.24, 2.45) is 0 Å². The smallest absolute Gasteiger partial charge is 0.316 e. The highest BCUT2D eigenvalue weighted by molar-refractivity contribution is 6.89. The van der Waals surface area contributed by atoms with E-state index in [-0.39, 0.29) is 29.7 Å². The number of hydrogen-bond acceptors (Lipinski definition) is 14. The first-order valence-electron chi connectivity index (χ1n) is 21.3. The quantitative estimate of drug-likeness (QED) is 0.139. The number of hydrogen-bond donors (Lipinski definition) is 0. The Bertz CT molecular complexity index is 1210. The lowest BCUT2D eigenvalue weighted by molar-refractivity contribution is 0.271. The average Bonchev–Trinajstić information content (AvgIpc) is 2.97. The van der Waals surface area contributed by atoms with Gasteiger partial charge in [0.15, 0.2) is 33.3 Å². The molecule has 0 aliphatic carbocycles. The van der Waals surface area contributed by atoms with Gasteiger partial charge in [-0.05, 0) is 173 Å². The Hall–Kier alpha value is 2.91. The van der Waals surface area contributed by atoms with Crippen molar-refractivity contribution >= 4 is 143 Å². The predicted octanol–water partition coefficient (Wildman–Crippen LogP) is 7.86. The van der Waals surface area contributed by atoms with E-state index < -0.39 is 143 Å². The zero-order valence-electron chi connectivity index (χ0n) is 39.1. The van der Waals surface area contributed by atoms with Crippen LogP contribution in [0.4, 0.5) is 0 Å². The Labute approximate surface area is 399 Å². The SMILES string of the molecule is C.C.C.C.C[SiH]1O[SiH](C)O[Si](C)(CC[Si](C)(C)O[Si](C)(C)CC[SiH]2O[SiH](C)O[Si](C)(CC[Si](C)(C)O[Si](C)(C)CC[Si]3(C)O[SiH](C)O[SiH](C)O[SiH](C)O3)O[SiH](C)O2)O[SiH](C)O1. The summed E-state index contributed by atoms with van der Waals surface area (Å²) in [6.07, 6.45) is 0. The van der Waals surface area contributed by atoms with E-state index in [9.17, 15) is 0 Å². The Balaban J connectivity index is 0. The fraction of sp³-hybridized carbons (Fsp3) is 1.00. The molecule has 3 saturated heterocycles. The summed E-state index contributed by atoms with van der Waals surface area (Å²) in [6.45, 7) is 42.4. The van der Waals surface area contributed by atoms with Gasteiger partial charge in [0.1, 0.15) is 0 Å². The summed E-state index contributed by atoms with van der Waals surface area (Å²) in [5.41, 5.74) is 0. The standard InChI is InChI=1S/C27H82O14Si16.4CH4/c1-42-28-44(3)34-55(17,35-45(4)29-42)25-22-52(11,12)40-51(9,10)21-20-50-32-48(7)38-57(19,39-49(8)33-50)27-24-54(15,16)41-53(13,14)23-26-56(18)36-46(5)30-43(2)31-47(6)37-56;;;;/h42-50H,20-27H2,1-19H3;4*1H4. The highest BCUT2D eigenvalue weighted by Crippen LogP contribution is 2.34. The molecule has 30 heteroatoms. The van der Waals surface area contributed by atoms with E-state index in [1.807, 2.05) is 0 Å². The molecule has 370 valence electrons. The molecular formula is C31H98O14Si16. The van der Waals surface area contributed by atoms with E-state index >= 15 is 0 Å². The summed E-state index contributed by atoms with van der Waals surface area (Å²) in [7, 11) is -31.5. The maximum Gasteiger partial charge on any atom is 0.316 e. The van der Waals surface area contributed by atoms with Crippen molar-refractivity contribution in [1.82, 2.24) is 0 Å². The summed E-state index contributed by atoms with van der Waals surface area (Å²) in [6, 6.07) is 7.70. The van der Waals surface area contributed by atoms with Crippen LogP contribution in [0.25, 0.3) is 0 Å². The summed E-state index contributed by atoms with van der Waals surface area (Å²) < 4.78 is 92.3. The average molecular weight is 1140 g/mol. The molecule has 3 aliphatic heterocycles. The molecule has 61 heavy (non-hydrogen) atoms. The van der Waals surface area contributed by atoms with E-state index in [0.29, 0.717) is 0 Å². The summed E-state index contributed by atoms with van der Waals surface area (Å²) in [4.78, 5) is 0. The van der Waals surface area contributed by atoms with Crippen molar-refractivity contribution in [1.29, 1.82) is 0 Å². The molecule has 3 rings (SSSR count). The summed E-state index contributed by atoms with van der Waals surface area (Å²) in [5, 5.41) is 0. The van der Waals surface area contributed by atoms with Crippen LogP contribution in [0.3, 0.4) is 0 Å². The topological polar surface area (TPSA) is 129 Å². The highest BCUT2D eigenvalue weighted by Gasteiger charge is 2.47. The number of rotatable bonds is 16. The van der Waals surface area contributed by atoms with E-state index in [2.05, 4.69) is 124 Å². The van der Waals surface area contributed by atoms with Crippen LogP contribution in [-0.2, 0) is 57.6 Å². The molecular weight excluding hydrogens is 1050 g/mol. The Morgan fingerprint density at radius 3 is 0.803 bits per heavy atom. The molecule has 6 unspecified atom stereocenters. The normalized spacial score (nSPS) is 36.1. The molecule has 0 aromatic heterocycles. The highest BCUT2D eigenvalue weighted by atomic mass is 28.5. The molecule has 3 aliphatic rings. The third kappa shape index (κ3) is 25.4. The van der Waals surface area contributed by atoms with E-state index in [4.69, 9.17) is 57.6 Å². The van der Waals surface area contributed by atoms with Gasteiger partial charge in [-0.15, -0.1) is 0 Å². The van der Waals surface area contributed by atoms with Crippen molar-refractivity contribution in [3.63, 3.8) is 0 Å². The molecule has 3 fully saturated rings. The van der Waals surface area contributed by atoms with E-state index in [1.165, 1.54) is 0 Å². The van der Waals surface area contributed by atoms with Gasteiger partial charge < -0.3 is 57.6 Å². The van der Waals surface area contributed by atoms with Crippen LogP contribution in [0.2, 0.25) is 173 Å². The van der Waals surface area contributed by atoms with Crippen LogP contribution >= 0.6 is 0 Å². The zero-order chi connectivity index (χ0) is 43.3. The minimum absolute atomic E-state index is 0. The molecule has 0 amide bonds. The Morgan fingerprint density at radius 1 is 0.344 bits per heavy atom. The molecule has 0 N–H and O–H groups in total. The molecule has 0 bridgehead atoms. The molecule has 3 heterocycles. The maximum absolute atomic E-state index is 7.13. The summed E-state index contributed by atoms with van der Waals surface area (Å²) in [5.74, 6) is 0. The predicted molar refractivity (Wildman–Crippen MR) is 297 cm³/mol. The lowest BCUT2D eigenvalue weighted by atomic mass is 10.9. The van der Waals surface area contributed by atoms with Crippen molar-refractivity contribution in [3.05, 3.63) is 0 Å².